The molecule has 9 heteroatoms. The van der Waals surface area contributed by atoms with Gasteiger partial charge in [-0.2, -0.15) is 5.10 Å². The second-order valence-electron chi connectivity index (χ2n) is 6.89. The van der Waals surface area contributed by atoms with Crippen molar-refractivity contribution in [1.82, 2.24) is 39.5 Å². The summed E-state index contributed by atoms with van der Waals surface area (Å²) >= 11 is 0. The molecule has 1 saturated carbocycles. The molecule has 2 aliphatic rings. The summed E-state index contributed by atoms with van der Waals surface area (Å²) in [6.07, 6.45) is 6.13. The molecule has 0 spiro atoms. The quantitative estimate of drug-likeness (QED) is 0.820. The van der Waals surface area contributed by atoms with Gasteiger partial charge in [0.1, 0.15) is 5.82 Å². The summed E-state index contributed by atoms with van der Waals surface area (Å²) in [4.78, 5) is 14.3. The SMILES string of the molecule is CC(c1nnnn1C1CCCCC1)N1CCn2c(nn(C)c2=O)C1. The molecule has 0 saturated heterocycles. The lowest BCUT2D eigenvalue weighted by atomic mass is 9.95. The monoisotopic (exact) mass is 332 g/mol. The van der Waals surface area contributed by atoms with E-state index in [9.17, 15) is 4.79 Å². The summed E-state index contributed by atoms with van der Waals surface area (Å²) in [5.74, 6) is 1.74. The Kier molecular flexibility index (Phi) is 3.95. The van der Waals surface area contributed by atoms with Gasteiger partial charge in [-0.25, -0.2) is 14.2 Å². The number of hydrogen-bond donors (Lipinski definition) is 0. The van der Waals surface area contributed by atoms with Gasteiger partial charge < -0.3 is 0 Å². The summed E-state index contributed by atoms with van der Waals surface area (Å²) in [5, 5.41) is 16.9. The van der Waals surface area contributed by atoms with Crippen LogP contribution in [0.1, 0.15) is 62.8 Å². The number of rotatable bonds is 3. The lowest BCUT2D eigenvalue weighted by molar-refractivity contribution is 0.148. The minimum atomic E-state index is -0.0376. The van der Waals surface area contributed by atoms with Crippen LogP contribution in [0.3, 0.4) is 0 Å². The predicted octanol–water partition coefficient (Wildman–Crippen LogP) is 0.650. The maximum atomic E-state index is 12.0. The minimum Gasteiger partial charge on any atom is -0.284 e. The van der Waals surface area contributed by atoms with Crippen LogP contribution in [0, 0.1) is 0 Å². The first-order valence-electron chi connectivity index (χ1n) is 8.79. The molecule has 1 aliphatic carbocycles. The molecule has 1 unspecified atom stereocenters. The number of aryl methyl sites for hydroxylation is 1. The Bertz CT molecular complexity index is 769. The van der Waals surface area contributed by atoms with Crippen LogP contribution < -0.4 is 5.69 Å². The van der Waals surface area contributed by atoms with Crippen molar-refractivity contribution < 1.29 is 0 Å². The molecule has 0 amide bonds. The Balaban J connectivity index is 1.55. The fraction of sp³-hybridized carbons (Fsp3) is 0.800. The molecule has 4 rings (SSSR count). The van der Waals surface area contributed by atoms with Gasteiger partial charge >= 0.3 is 5.69 Å². The van der Waals surface area contributed by atoms with Gasteiger partial charge in [-0.3, -0.25) is 9.47 Å². The van der Waals surface area contributed by atoms with Crippen molar-refractivity contribution in [1.29, 1.82) is 0 Å². The summed E-state index contributed by atoms with van der Waals surface area (Å²) < 4.78 is 5.20. The van der Waals surface area contributed by atoms with Gasteiger partial charge in [0, 0.05) is 20.1 Å². The van der Waals surface area contributed by atoms with Gasteiger partial charge in [0.25, 0.3) is 0 Å². The van der Waals surface area contributed by atoms with E-state index in [4.69, 9.17) is 0 Å². The molecule has 2 aromatic heterocycles. The summed E-state index contributed by atoms with van der Waals surface area (Å²) in [6.45, 7) is 4.26. The third kappa shape index (κ3) is 2.56. The van der Waals surface area contributed by atoms with Crippen molar-refractivity contribution in [3.63, 3.8) is 0 Å². The molecular weight excluding hydrogens is 308 g/mol. The van der Waals surface area contributed by atoms with Crippen molar-refractivity contribution in [2.75, 3.05) is 6.54 Å². The van der Waals surface area contributed by atoms with E-state index in [0.29, 0.717) is 19.1 Å². The Morgan fingerprint density at radius 3 is 2.75 bits per heavy atom. The molecule has 9 nitrogen and oxygen atoms in total. The number of hydrogen-bond acceptors (Lipinski definition) is 6. The van der Waals surface area contributed by atoms with Crippen LogP contribution in [0.2, 0.25) is 0 Å². The van der Waals surface area contributed by atoms with Gasteiger partial charge in [0.05, 0.1) is 18.6 Å². The molecule has 1 atom stereocenters. The first-order valence-corrected chi connectivity index (χ1v) is 8.79. The second kappa shape index (κ2) is 6.12. The maximum absolute atomic E-state index is 12.0. The Labute approximate surface area is 140 Å². The van der Waals surface area contributed by atoms with Crippen molar-refractivity contribution >= 4 is 0 Å². The molecule has 0 aromatic carbocycles. The molecule has 0 radical (unpaired) electrons. The fourth-order valence-electron chi connectivity index (χ4n) is 3.94. The van der Waals surface area contributed by atoms with Crippen molar-refractivity contribution in [2.45, 2.75) is 64.2 Å². The summed E-state index contributed by atoms with van der Waals surface area (Å²) in [5.41, 5.74) is -0.0376. The van der Waals surface area contributed by atoms with Gasteiger partial charge in [0.2, 0.25) is 0 Å². The number of aromatic nitrogens is 7. The van der Waals surface area contributed by atoms with E-state index in [1.807, 2.05) is 4.68 Å². The highest BCUT2D eigenvalue weighted by Crippen LogP contribution is 2.30. The smallest absolute Gasteiger partial charge is 0.284 e. The lowest BCUT2D eigenvalue weighted by Gasteiger charge is -2.32. The average Bonchev–Trinajstić information content (AvgIpc) is 3.20. The van der Waals surface area contributed by atoms with E-state index in [-0.39, 0.29) is 11.7 Å². The first-order chi connectivity index (χ1) is 11.6. The summed E-state index contributed by atoms with van der Waals surface area (Å²) in [7, 11) is 1.70. The molecule has 0 N–H and O–H groups in total. The molecular formula is C15H24N8O. The largest absolute Gasteiger partial charge is 0.345 e. The van der Waals surface area contributed by atoms with Crippen LogP contribution in [0.5, 0.6) is 0 Å². The third-order valence-corrected chi connectivity index (χ3v) is 5.40. The van der Waals surface area contributed by atoms with Crippen LogP contribution in [-0.2, 0) is 20.1 Å². The highest BCUT2D eigenvalue weighted by molar-refractivity contribution is 4.99. The average molecular weight is 332 g/mol. The van der Waals surface area contributed by atoms with E-state index in [1.54, 1.807) is 11.6 Å². The van der Waals surface area contributed by atoms with Crippen LogP contribution >= 0.6 is 0 Å². The maximum Gasteiger partial charge on any atom is 0.345 e. The number of nitrogens with zero attached hydrogens (tertiary/aromatic N) is 8. The molecule has 3 heterocycles. The van der Waals surface area contributed by atoms with E-state index in [2.05, 4.69) is 32.4 Å². The standard InChI is InChI=1S/C15H24N8O/c1-11(14-16-18-19-23(14)12-6-4-3-5-7-12)21-8-9-22-13(10-21)17-20(2)15(22)24/h11-12H,3-10H2,1-2H3. The zero-order chi connectivity index (χ0) is 16.7. The molecule has 2 aromatic rings. The Morgan fingerprint density at radius 1 is 1.17 bits per heavy atom. The van der Waals surface area contributed by atoms with Crippen molar-refractivity contribution in [2.24, 2.45) is 7.05 Å². The molecule has 0 bridgehead atoms. The Hall–Kier alpha value is -2.03. The van der Waals surface area contributed by atoms with Crippen LogP contribution in [0.25, 0.3) is 0 Å². The molecule has 130 valence electrons. The van der Waals surface area contributed by atoms with E-state index in [1.165, 1.54) is 23.9 Å². The zero-order valence-corrected chi connectivity index (χ0v) is 14.3. The Morgan fingerprint density at radius 2 is 1.96 bits per heavy atom. The topological polar surface area (TPSA) is 86.7 Å². The fourth-order valence-corrected chi connectivity index (χ4v) is 3.94. The van der Waals surface area contributed by atoms with Crippen molar-refractivity contribution in [3.8, 4) is 0 Å². The normalized spacial score (nSPS) is 20.9. The van der Waals surface area contributed by atoms with Gasteiger partial charge in [-0.15, -0.1) is 5.10 Å². The third-order valence-electron chi connectivity index (χ3n) is 5.40. The molecule has 1 fully saturated rings. The van der Waals surface area contributed by atoms with Crippen molar-refractivity contribution in [3.05, 3.63) is 22.1 Å². The van der Waals surface area contributed by atoms with Crippen LogP contribution in [0.15, 0.2) is 4.79 Å². The number of tetrazole rings is 1. The zero-order valence-electron chi connectivity index (χ0n) is 14.3. The first kappa shape index (κ1) is 15.5. The minimum absolute atomic E-state index is 0.0376. The van der Waals surface area contributed by atoms with E-state index < -0.39 is 0 Å². The molecule has 1 aliphatic heterocycles. The second-order valence-corrected chi connectivity index (χ2v) is 6.89. The predicted molar refractivity (Wildman–Crippen MR) is 86.2 cm³/mol. The van der Waals surface area contributed by atoms with E-state index in [0.717, 1.165) is 31.0 Å². The summed E-state index contributed by atoms with van der Waals surface area (Å²) in [6, 6.07) is 0.525. The van der Waals surface area contributed by atoms with E-state index >= 15 is 0 Å². The highest BCUT2D eigenvalue weighted by atomic mass is 16.2. The van der Waals surface area contributed by atoms with Gasteiger partial charge in [-0.1, -0.05) is 19.3 Å². The van der Waals surface area contributed by atoms with Gasteiger partial charge in [-0.05, 0) is 30.2 Å². The lowest BCUT2D eigenvalue weighted by Crippen LogP contribution is -2.39. The van der Waals surface area contributed by atoms with Crippen LogP contribution in [0.4, 0.5) is 0 Å². The highest BCUT2D eigenvalue weighted by Gasteiger charge is 2.30. The number of fused-ring (bicyclic) bond motifs is 1. The molecule has 24 heavy (non-hydrogen) atoms. The van der Waals surface area contributed by atoms with Gasteiger partial charge in [0.15, 0.2) is 5.82 Å². The van der Waals surface area contributed by atoms with Crippen LogP contribution in [-0.4, -0.2) is 46.0 Å².